The highest BCUT2D eigenvalue weighted by Gasteiger charge is 2.32. The van der Waals surface area contributed by atoms with Gasteiger partial charge in [0.2, 0.25) is 0 Å². The van der Waals surface area contributed by atoms with Gasteiger partial charge in [0.1, 0.15) is 5.75 Å². The summed E-state index contributed by atoms with van der Waals surface area (Å²) in [5, 5.41) is 3.66. The molecule has 8 heteroatoms. The average molecular weight is 401 g/mol. The molecule has 1 atom stereocenters. The Kier molecular flexibility index (Phi) is 6.46. The van der Waals surface area contributed by atoms with Gasteiger partial charge in [-0.1, -0.05) is 42.3 Å². The Hall–Kier alpha value is -1.96. The van der Waals surface area contributed by atoms with Crippen LogP contribution in [0.15, 0.2) is 42.5 Å². The van der Waals surface area contributed by atoms with Crippen molar-refractivity contribution in [3.63, 3.8) is 0 Å². The van der Waals surface area contributed by atoms with Crippen LogP contribution in [0.5, 0.6) is 5.75 Å². The van der Waals surface area contributed by atoms with Crippen molar-refractivity contribution in [3.05, 3.63) is 47.5 Å². The highest BCUT2D eigenvalue weighted by Crippen LogP contribution is 2.38. The van der Waals surface area contributed by atoms with Crippen molar-refractivity contribution < 1.29 is 22.7 Å². The largest absolute Gasteiger partial charge is 0.573 e. The molecule has 1 unspecified atom stereocenters. The third-order valence-corrected chi connectivity index (χ3v) is 4.57. The van der Waals surface area contributed by atoms with E-state index in [0.717, 1.165) is 13.0 Å². The minimum Gasteiger partial charge on any atom is -0.405 e. The Bertz CT molecular complexity index is 765. The quantitative estimate of drug-likeness (QED) is 0.638. The van der Waals surface area contributed by atoms with E-state index in [1.165, 1.54) is 31.0 Å². The number of piperidine rings is 1. The van der Waals surface area contributed by atoms with Gasteiger partial charge in [0.25, 0.3) is 0 Å². The first-order valence-corrected chi connectivity index (χ1v) is 9.06. The van der Waals surface area contributed by atoms with E-state index < -0.39 is 6.36 Å². The number of hydrogen-bond acceptors (Lipinski definition) is 4. The van der Waals surface area contributed by atoms with Gasteiger partial charge in [0, 0.05) is 17.2 Å². The van der Waals surface area contributed by atoms with E-state index in [4.69, 9.17) is 16.4 Å². The van der Waals surface area contributed by atoms with E-state index in [1.54, 1.807) is 24.3 Å². The van der Waals surface area contributed by atoms with Gasteiger partial charge in [-0.25, -0.2) is 0 Å². The van der Waals surface area contributed by atoms with Gasteiger partial charge in [-0.2, -0.15) is 0 Å². The monoisotopic (exact) mass is 400 g/mol. The molecule has 2 aromatic carbocycles. The molecule has 0 saturated carbocycles. The van der Waals surface area contributed by atoms with Crippen molar-refractivity contribution in [2.24, 2.45) is 0 Å². The van der Waals surface area contributed by atoms with Crippen molar-refractivity contribution >= 4 is 17.3 Å². The lowest BCUT2D eigenvalue weighted by atomic mass is 10.0. The molecule has 0 bridgehead atoms. The van der Waals surface area contributed by atoms with Gasteiger partial charge >= 0.3 is 6.36 Å². The topological polar surface area (TPSA) is 42.5 Å². The zero-order valence-electron chi connectivity index (χ0n) is 14.5. The maximum atomic E-state index is 12.6. The predicted octanol–water partition coefficient (Wildman–Crippen LogP) is 5.39. The van der Waals surface area contributed by atoms with Crippen LogP contribution in [0.4, 0.5) is 18.9 Å². The second-order valence-electron chi connectivity index (χ2n) is 6.30. The number of alkyl halides is 3. The van der Waals surface area contributed by atoms with Crippen LogP contribution in [0.1, 0.15) is 19.3 Å². The van der Waals surface area contributed by atoms with E-state index in [9.17, 15) is 13.2 Å². The fourth-order valence-corrected chi connectivity index (χ4v) is 3.27. The fourth-order valence-electron chi connectivity index (χ4n) is 2.99. The summed E-state index contributed by atoms with van der Waals surface area (Å²) in [6.45, 7) is 1.51. The number of nitrogens with one attached hydrogen (secondary N) is 2. The van der Waals surface area contributed by atoms with E-state index in [1.807, 2.05) is 0 Å². The van der Waals surface area contributed by atoms with Gasteiger partial charge in [-0.15, -0.1) is 13.2 Å². The third kappa shape index (κ3) is 5.76. The van der Waals surface area contributed by atoms with Crippen LogP contribution in [0.2, 0.25) is 5.02 Å². The van der Waals surface area contributed by atoms with Gasteiger partial charge in [0.15, 0.2) is 0 Å². The minimum absolute atomic E-state index is 0.263. The number of anilines is 1. The van der Waals surface area contributed by atoms with Crippen LogP contribution in [0.3, 0.4) is 0 Å². The fraction of sp³-hybridized carbons (Fsp3) is 0.368. The molecular weight excluding hydrogens is 381 g/mol. The first-order valence-electron chi connectivity index (χ1n) is 8.68. The van der Waals surface area contributed by atoms with Crippen LogP contribution >= 0.6 is 11.6 Å². The maximum absolute atomic E-state index is 12.6. The van der Waals surface area contributed by atoms with Gasteiger partial charge in [-0.05, 0) is 37.6 Å². The first-order chi connectivity index (χ1) is 12.9. The summed E-state index contributed by atoms with van der Waals surface area (Å²) in [5.41, 5.74) is 4.15. The van der Waals surface area contributed by atoms with Crippen molar-refractivity contribution in [1.29, 1.82) is 0 Å². The van der Waals surface area contributed by atoms with Crippen LogP contribution in [0.25, 0.3) is 11.1 Å². The summed E-state index contributed by atoms with van der Waals surface area (Å²) in [6, 6.07) is 11.1. The van der Waals surface area contributed by atoms with E-state index in [2.05, 4.69) is 15.5 Å². The summed E-state index contributed by atoms with van der Waals surface area (Å²) < 4.78 is 41.9. The number of para-hydroxylation sites is 1. The SMILES string of the molecule is FC(F)(F)Oc1ccccc1-c1ccc(NOCC2CCCCN2)cc1Cl. The summed E-state index contributed by atoms with van der Waals surface area (Å²) in [4.78, 5) is 5.50. The second kappa shape index (κ2) is 8.82. The van der Waals surface area contributed by atoms with E-state index in [-0.39, 0.29) is 16.3 Å². The molecule has 27 heavy (non-hydrogen) atoms. The smallest absolute Gasteiger partial charge is 0.405 e. The lowest BCUT2D eigenvalue weighted by Crippen LogP contribution is -2.38. The molecule has 0 spiro atoms. The molecule has 1 aliphatic heterocycles. The first kappa shape index (κ1) is 19.8. The molecule has 146 valence electrons. The predicted molar refractivity (Wildman–Crippen MR) is 98.8 cm³/mol. The Morgan fingerprint density at radius 1 is 1.11 bits per heavy atom. The van der Waals surface area contributed by atoms with Crippen molar-refractivity contribution in [2.75, 3.05) is 18.6 Å². The lowest BCUT2D eigenvalue weighted by molar-refractivity contribution is -0.274. The molecule has 4 nitrogen and oxygen atoms in total. The minimum atomic E-state index is -4.77. The van der Waals surface area contributed by atoms with Crippen LogP contribution in [-0.4, -0.2) is 25.6 Å². The van der Waals surface area contributed by atoms with Gasteiger partial charge < -0.3 is 10.1 Å². The molecule has 0 radical (unpaired) electrons. The Morgan fingerprint density at radius 2 is 1.93 bits per heavy atom. The maximum Gasteiger partial charge on any atom is 0.573 e. The molecule has 0 aliphatic carbocycles. The van der Waals surface area contributed by atoms with E-state index >= 15 is 0 Å². The summed E-state index contributed by atoms with van der Waals surface area (Å²) in [6.07, 6.45) is -1.34. The van der Waals surface area contributed by atoms with Crippen LogP contribution < -0.4 is 15.5 Å². The Morgan fingerprint density at radius 3 is 2.63 bits per heavy atom. The van der Waals surface area contributed by atoms with Crippen LogP contribution in [0, 0.1) is 0 Å². The molecule has 1 saturated heterocycles. The van der Waals surface area contributed by atoms with E-state index in [0.29, 0.717) is 23.9 Å². The van der Waals surface area contributed by atoms with Gasteiger partial charge in [-0.3, -0.25) is 10.3 Å². The molecule has 0 aromatic heterocycles. The molecule has 2 aromatic rings. The van der Waals surface area contributed by atoms with Crippen molar-refractivity contribution in [2.45, 2.75) is 31.7 Å². The highest BCUT2D eigenvalue weighted by atomic mass is 35.5. The zero-order valence-corrected chi connectivity index (χ0v) is 15.2. The molecule has 1 aliphatic rings. The molecule has 1 fully saturated rings. The molecular formula is C19H20ClF3N2O2. The zero-order chi connectivity index (χ0) is 19.3. The number of ether oxygens (including phenoxy) is 1. The highest BCUT2D eigenvalue weighted by molar-refractivity contribution is 6.33. The summed E-state index contributed by atoms with van der Waals surface area (Å²) in [5.74, 6) is -0.299. The molecule has 2 N–H and O–H groups in total. The average Bonchev–Trinajstić information content (AvgIpc) is 2.62. The number of benzene rings is 2. The lowest BCUT2D eigenvalue weighted by Gasteiger charge is -2.23. The van der Waals surface area contributed by atoms with Crippen molar-refractivity contribution in [1.82, 2.24) is 5.32 Å². The standard InChI is InChI=1S/C19H20ClF3N2O2/c20-17-11-13(25-26-12-14-5-3-4-10-24-14)8-9-15(17)16-6-1-2-7-18(16)27-19(21,22)23/h1-2,6-9,11,14,24-25H,3-5,10,12H2. The number of halogens is 4. The third-order valence-electron chi connectivity index (χ3n) is 4.26. The molecule has 3 rings (SSSR count). The molecule has 0 amide bonds. The summed E-state index contributed by atoms with van der Waals surface area (Å²) >= 11 is 6.29. The normalized spacial score (nSPS) is 17.6. The van der Waals surface area contributed by atoms with Gasteiger partial charge in [0.05, 0.1) is 17.3 Å². The van der Waals surface area contributed by atoms with Crippen LogP contribution in [-0.2, 0) is 4.84 Å². The summed E-state index contributed by atoms with van der Waals surface area (Å²) in [7, 11) is 0. The Labute approximate surface area is 160 Å². The number of hydrogen-bond donors (Lipinski definition) is 2. The molecule has 1 heterocycles. The second-order valence-corrected chi connectivity index (χ2v) is 6.71. The van der Waals surface area contributed by atoms with Crippen molar-refractivity contribution in [3.8, 4) is 16.9 Å². The Balaban J connectivity index is 1.68. The number of rotatable bonds is 6.